The SMILES string of the molecule is CO/N=C(\C(=O)N[C@H]1C(=O)N(S(=O)(=O)O)[C@H]1C(=O)OC)c1nsc(N)n1. The zero-order valence-electron chi connectivity index (χ0n) is 13.1. The lowest BCUT2D eigenvalue weighted by Gasteiger charge is -2.41. The number of carbonyl (C=O) groups excluding carboxylic acids is 3. The fraction of sp³-hybridized carbons (Fsp3) is 0.400. The number of β-lactam (4-membered cyclic amide) rings is 1. The van der Waals surface area contributed by atoms with Crippen LogP contribution in [-0.2, 0) is 34.3 Å². The number of hydrogen-bond donors (Lipinski definition) is 3. The first-order valence-corrected chi connectivity index (χ1v) is 8.69. The van der Waals surface area contributed by atoms with Crippen molar-refractivity contribution in [2.24, 2.45) is 5.16 Å². The van der Waals surface area contributed by atoms with Gasteiger partial charge in [0.15, 0.2) is 11.2 Å². The van der Waals surface area contributed by atoms with Gasteiger partial charge in [0.05, 0.1) is 7.11 Å². The van der Waals surface area contributed by atoms with Gasteiger partial charge in [-0.25, -0.2) is 4.79 Å². The largest absolute Gasteiger partial charge is 0.467 e. The molecule has 0 unspecified atom stereocenters. The molecule has 142 valence electrons. The Kier molecular flexibility index (Phi) is 5.38. The van der Waals surface area contributed by atoms with Crippen LogP contribution in [0.4, 0.5) is 5.13 Å². The molecule has 0 aromatic carbocycles. The third kappa shape index (κ3) is 3.55. The first-order chi connectivity index (χ1) is 12.1. The van der Waals surface area contributed by atoms with Crippen molar-refractivity contribution in [1.29, 1.82) is 0 Å². The Morgan fingerprint density at radius 2 is 2.08 bits per heavy atom. The Morgan fingerprint density at radius 1 is 1.42 bits per heavy atom. The maximum atomic E-state index is 12.3. The lowest BCUT2D eigenvalue weighted by Crippen LogP contribution is -2.74. The number of aromatic nitrogens is 2. The van der Waals surface area contributed by atoms with E-state index in [0.29, 0.717) is 0 Å². The van der Waals surface area contributed by atoms with Crippen molar-refractivity contribution in [1.82, 2.24) is 19.0 Å². The highest BCUT2D eigenvalue weighted by molar-refractivity contribution is 7.84. The highest BCUT2D eigenvalue weighted by atomic mass is 32.2. The van der Waals surface area contributed by atoms with Gasteiger partial charge >= 0.3 is 16.3 Å². The van der Waals surface area contributed by atoms with Crippen molar-refractivity contribution in [2.75, 3.05) is 20.0 Å². The first-order valence-electron chi connectivity index (χ1n) is 6.52. The highest BCUT2D eigenvalue weighted by Crippen LogP contribution is 2.24. The standard InChI is InChI=1S/C10H12N6O8S2/c1-23-9(19)5-3(8(18)16(5)26(20,21)22)12-7(17)4(14-24-2)6-13-10(11)25-15-6/h3,5H,1-2H3,(H,12,17)(H2,11,13,15)(H,20,21,22)/b14-4-/t3-,5-/m1/s1. The van der Waals surface area contributed by atoms with E-state index in [1.807, 2.05) is 0 Å². The number of anilines is 1. The monoisotopic (exact) mass is 408 g/mol. The molecule has 1 aromatic rings. The number of rotatable bonds is 6. The Balaban J connectivity index is 2.27. The normalized spacial score (nSPS) is 20.3. The van der Waals surface area contributed by atoms with Crippen molar-refractivity contribution < 1.29 is 36.9 Å². The summed E-state index contributed by atoms with van der Waals surface area (Å²) in [4.78, 5) is 44.2. The summed E-state index contributed by atoms with van der Waals surface area (Å²) in [5, 5.41) is 5.55. The molecule has 4 N–H and O–H groups in total. The van der Waals surface area contributed by atoms with Gasteiger partial charge in [0.25, 0.3) is 11.8 Å². The van der Waals surface area contributed by atoms with E-state index in [-0.39, 0.29) is 15.3 Å². The number of nitrogens with zero attached hydrogens (tertiary/aromatic N) is 4. The van der Waals surface area contributed by atoms with Gasteiger partial charge in [0.2, 0.25) is 11.5 Å². The molecular formula is C10H12N6O8S2. The summed E-state index contributed by atoms with van der Waals surface area (Å²) < 4.78 is 39.5. The Hall–Kier alpha value is -2.85. The van der Waals surface area contributed by atoms with Crippen molar-refractivity contribution in [3.05, 3.63) is 5.82 Å². The second-order valence-corrected chi connectivity index (χ2v) is 6.68. The molecular weight excluding hydrogens is 396 g/mol. The molecule has 2 atom stereocenters. The molecule has 0 bridgehead atoms. The number of esters is 1. The lowest BCUT2D eigenvalue weighted by atomic mass is 9.98. The van der Waals surface area contributed by atoms with Crippen LogP contribution in [0.5, 0.6) is 0 Å². The Morgan fingerprint density at radius 3 is 2.54 bits per heavy atom. The molecule has 1 aliphatic rings. The van der Waals surface area contributed by atoms with Crippen LogP contribution in [-0.4, -0.2) is 76.4 Å². The van der Waals surface area contributed by atoms with Gasteiger partial charge in [-0.2, -0.15) is 22.1 Å². The summed E-state index contributed by atoms with van der Waals surface area (Å²) in [5.41, 5.74) is 4.95. The Bertz CT molecular complexity index is 880. The van der Waals surface area contributed by atoms with Crippen LogP contribution in [0.2, 0.25) is 0 Å². The minimum absolute atomic E-state index is 0.0290. The summed E-state index contributed by atoms with van der Waals surface area (Å²) in [6.45, 7) is 0. The van der Waals surface area contributed by atoms with E-state index in [1.54, 1.807) is 0 Å². The summed E-state index contributed by atoms with van der Waals surface area (Å²) in [7, 11) is -2.96. The molecule has 0 spiro atoms. The minimum atomic E-state index is -5.03. The Labute approximate surface area is 150 Å². The van der Waals surface area contributed by atoms with Gasteiger partial charge in [-0.05, 0) is 0 Å². The number of nitrogens with one attached hydrogen (secondary N) is 1. The zero-order chi connectivity index (χ0) is 19.6. The molecule has 1 aromatic heterocycles. The van der Waals surface area contributed by atoms with Gasteiger partial charge in [0.1, 0.15) is 13.2 Å². The summed E-state index contributed by atoms with van der Waals surface area (Å²) in [5.74, 6) is -3.68. The number of nitrogens with two attached hydrogens (primary N) is 1. The molecule has 0 saturated carbocycles. The van der Waals surface area contributed by atoms with E-state index in [4.69, 9.17) is 10.3 Å². The van der Waals surface area contributed by atoms with Crippen LogP contribution in [0.15, 0.2) is 5.16 Å². The molecule has 2 rings (SSSR count). The first kappa shape index (κ1) is 19.5. The maximum Gasteiger partial charge on any atom is 0.363 e. The third-order valence-electron chi connectivity index (χ3n) is 3.08. The van der Waals surface area contributed by atoms with Crippen LogP contribution in [0.25, 0.3) is 0 Å². The van der Waals surface area contributed by atoms with Crippen molar-refractivity contribution in [3.8, 4) is 0 Å². The van der Waals surface area contributed by atoms with Gasteiger partial charge in [-0.1, -0.05) is 5.16 Å². The number of ether oxygens (including phenoxy) is 1. The number of nitrogen functional groups attached to an aromatic ring is 1. The smallest absolute Gasteiger partial charge is 0.363 e. The van der Waals surface area contributed by atoms with Crippen LogP contribution in [0, 0.1) is 0 Å². The fourth-order valence-electron chi connectivity index (χ4n) is 2.03. The van der Waals surface area contributed by atoms with Crippen molar-refractivity contribution in [3.63, 3.8) is 0 Å². The molecule has 2 amide bonds. The number of carbonyl (C=O) groups is 3. The second kappa shape index (κ2) is 7.18. The lowest BCUT2D eigenvalue weighted by molar-refractivity contribution is -0.162. The quantitative estimate of drug-likeness (QED) is 0.143. The molecule has 1 fully saturated rings. The number of hydrogen-bond acceptors (Lipinski definition) is 12. The van der Waals surface area contributed by atoms with Gasteiger partial charge in [0, 0.05) is 11.5 Å². The van der Waals surface area contributed by atoms with Crippen LogP contribution >= 0.6 is 11.5 Å². The molecule has 26 heavy (non-hydrogen) atoms. The summed E-state index contributed by atoms with van der Waals surface area (Å²) in [6, 6.07) is -3.42. The van der Waals surface area contributed by atoms with E-state index in [0.717, 1.165) is 25.8 Å². The molecule has 2 heterocycles. The highest BCUT2D eigenvalue weighted by Gasteiger charge is 2.58. The minimum Gasteiger partial charge on any atom is -0.467 e. The van der Waals surface area contributed by atoms with E-state index in [2.05, 4.69) is 29.4 Å². The third-order valence-corrected chi connectivity index (χ3v) is 4.53. The van der Waals surface area contributed by atoms with Gasteiger partial charge in [-0.3, -0.25) is 14.1 Å². The van der Waals surface area contributed by atoms with E-state index < -0.39 is 45.9 Å². The molecule has 1 aliphatic heterocycles. The predicted molar refractivity (Wildman–Crippen MR) is 84.0 cm³/mol. The van der Waals surface area contributed by atoms with Crippen LogP contribution < -0.4 is 11.1 Å². The van der Waals surface area contributed by atoms with Crippen LogP contribution in [0.3, 0.4) is 0 Å². The van der Waals surface area contributed by atoms with E-state index >= 15 is 0 Å². The molecule has 0 aliphatic carbocycles. The van der Waals surface area contributed by atoms with E-state index in [9.17, 15) is 22.8 Å². The van der Waals surface area contributed by atoms with Gasteiger partial charge < -0.3 is 20.6 Å². The topological polar surface area (TPSA) is 203 Å². The molecule has 1 saturated heterocycles. The average molecular weight is 408 g/mol. The summed E-state index contributed by atoms with van der Waals surface area (Å²) in [6.07, 6.45) is 0. The van der Waals surface area contributed by atoms with E-state index in [1.165, 1.54) is 0 Å². The average Bonchev–Trinajstić information content (AvgIpc) is 2.98. The van der Waals surface area contributed by atoms with Crippen molar-refractivity contribution in [2.45, 2.75) is 12.1 Å². The predicted octanol–water partition coefficient (Wildman–Crippen LogP) is -2.86. The summed E-state index contributed by atoms with van der Waals surface area (Å²) >= 11 is 0.767. The van der Waals surface area contributed by atoms with Crippen molar-refractivity contribution >= 4 is 50.5 Å². The maximum absolute atomic E-state index is 12.3. The van der Waals surface area contributed by atoms with Crippen LogP contribution in [0.1, 0.15) is 5.82 Å². The number of amides is 2. The molecule has 16 heteroatoms. The van der Waals surface area contributed by atoms with Gasteiger partial charge in [-0.15, -0.1) is 0 Å². The molecule has 0 radical (unpaired) electrons. The fourth-order valence-corrected chi connectivity index (χ4v) is 3.30. The second-order valence-electron chi connectivity index (χ2n) is 4.61. The number of methoxy groups -OCH3 is 1. The number of oxime groups is 1. The molecule has 14 nitrogen and oxygen atoms in total. The zero-order valence-corrected chi connectivity index (χ0v) is 14.8.